The molecule has 0 saturated carbocycles. The maximum Gasteiger partial charge on any atom is 0.0623 e. The summed E-state index contributed by atoms with van der Waals surface area (Å²) in [6, 6.07) is 0. The van der Waals surface area contributed by atoms with Crippen molar-refractivity contribution in [2.75, 3.05) is 26.2 Å². The summed E-state index contributed by atoms with van der Waals surface area (Å²) in [5.41, 5.74) is 0. The second kappa shape index (κ2) is 8.08. The Kier molecular flexibility index (Phi) is 7.06. The molecule has 0 bridgehead atoms. The molecule has 0 unspecified atom stereocenters. The van der Waals surface area contributed by atoms with Gasteiger partial charge in [0, 0.05) is 13.1 Å². The molecule has 0 aromatic rings. The Morgan fingerprint density at radius 2 is 1.38 bits per heavy atom. The van der Waals surface area contributed by atoms with E-state index < -0.39 is 0 Å². The molecule has 2 nitrogen and oxygen atoms in total. The van der Waals surface area contributed by atoms with Gasteiger partial charge in [-0.05, 0) is 19.5 Å². The van der Waals surface area contributed by atoms with E-state index in [1.807, 2.05) is 0 Å². The van der Waals surface area contributed by atoms with Gasteiger partial charge in [-0.1, -0.05) is 52.9 Å². The molecule has 0 N–H and O–H groups in total. The molecule has 1 aliphatic rings. The highest BCUT2D eigenvalue weighted by Gasteiger charge is 2.28. The van der Waals surface area contributed by atoms with Crippen molar-refractivity contribution in [3.8, 4) is 0 Å². The van der Waals surface area contributed by atoms with Crippen LogP contribution in [0.1, 0.15) is 59.3 Å². The van der Waals surface area contributed by atoms with Gasteiger partial charge in [-0.2, -0.15) is 0 Å². The zero-order valence-corrected chi connectivity index (χ0v) is 11.5. The minimum atomic E-state index is 0.747. The van der Waals surface area contributed by atoms with Crippen molar-refractivity contribution >= 4 is 0 Å². The van der Waals surface area contributed by atoms with Crippen molar-refractivity contribution in [1.29, 1.82) is 0 Å². The Hall–Kier alpha value is -0.0800. The number of nitrogens with zero attached hydrogens (tertiary/aromatic N) is 2. The molecule has 0 aromatic carbocycles. The largest absolute Gasteiger partial charge is 0.287 e. The molecule has 0 spiro atoms. The Morgan fingerprint density at radius 3 is 1.88 bits per heavy atom. The van der Waals surface area contributed by atoms with Crippen LogP contribution in [0.4, 0.5) is 0 Å². The minimum Gasteiger partial charge on any atom is -0.287 e. The Balaban J connectivity index is 2.20. The third-order valence-corrected chi connectivity index (χ3v) is 3.90. The normalized spacial score (nSPS) is 19.7. The van der Waals surface area contributed by atoms with Gasteiger partial charge in [-0.15, -0.1) is 0 Å². The third-order valence-electron chi connectivity index (χ3n) is 3.90. The van der Waals surface area contributed by atoms with E-state index in [0.717, 1.165) is 6.17 Å². The van der Waals surface area contributed by atoms with E-state index in [1.165, 1.54) is 64.7 Å². The number of hydrogen-bond donors (Lipinski definition) is 0. The lowest BCUT2D eigenvalue weighted by atomic mass is 10.1. The summed E-state index contributed by atoms with van der Waals surface area (Å²) in [4.78, 5) is 5.28. The molecule has 1 fully saturated rings. The Bertz CT molecular complexity index is 158. The van der Waals surface area contributed by atoms with Crippen LogP contribution < -0.4 is 0 Å². The highest BCUT2D eigenvalue weighted by Crippen LogP contribution is 2.19. The average Bonchev–Trinajstić information content (AvgIpc) is 2.71. The SMILES string of the molecule is CCCCCCCC1N(CC)CCN1CC. The number of unbranched alkanes of at least 4 members (excludes halogenated alkanes) is 4. The fourth-order valence-electron chi connectivity index (χ4n) is 2.82. The molecule has 96 valence electrons. The van der Waals surface area contributed by atoms with Gasteiger partial charge < -0.3 is 0 Å². The van der Waals surface area contributed by atoms with Crippen molar-refractivity contribution in [3.63, 3.8) is 0 Å². The first kappa shape index (κ1) is 14.0. The van der Waals surface area contributed by atoms with Gasteiger partial charge in [-0.25, -0.2) is 0 Å². The molecule has 0 amide bonds. The summed E-state index contributed by atoms with van der Waals surface area (Å²) >= 11 is 0. The minimum absolute atomic E-state index is 0.747. The summed E-state index contributed by atoms with van der Waals surface area (Å²) in [5, 5.41) is 0. The topological polar surface area (TPSA) is 6.48 Å². The van der Waals surface area contributed by atoms with Gasteiger partial charge in [-0.3, -0.25) is 9.80 Å². The van der Waals surface area contributed by atoms with Crippen molar-refractivity contribution in [2.45, 2.75) is 65.5 Å². The predicted molar refractivity (Wildman–Crippen MR) is 71.7 cm³/mol. The van der Waals surface area contributed by atoms with Crippen LogP contribution in [0.2, 0.25) is 0 Å². The van der Waals surface area contributed by atoms with Gasteiger partial charge in [0.15, 0.2) is 0 Å². The lowest BCUT2D eigenvalue weighted by molar-refractivity contribution is 0.133. The second-order valence-electron chi connectivity index (χ2n) is 4.94. The van der Waals surface area contributed by atoms with Gasteiger partial charge in [0.25, 0.3) is 0 Å². The number of likely N-dealkylation sites (N-methyl/N-ethyl adjacent to an activating group) is 2. The first-order valence-corrected chi connectivity index (χ1v) is 7.31. The summed E-state index contributed by atoms with van der Waals surface area (Å²) in [7, 11) is 0. The fraction of sp³-hybridized carbons (Fsp3) is 1.00. The van der Waals surface area contributed by atoms with Crippen LogP contribution in [0.3, 0.4) is 0 Å². The van der Waals surface area contributed by atoms with Crippen LogP contribution in [0.5, 0.6) is 0 Å². The zero-order valence-electron chi connectivity index (χ0n) is 11.5. The Morgan fingerprint density at radius 1 is 0.812 bits per heavy atom. The zero-order chi connectivity index (χ0) is 11.8. The van der Waals surface area contributed by atoms with E-state index in [2.05, 4.69) is 30.6 Å². The van der Waals surface area contributed by atoms with Crippen molar-refractivity contribution in [1.82, 2.24) is 9.80 Å². The van der Waals surface area contributed by atoms with Gasteiger partial charge in [0.2, 0.25) is 0 Å². The summed E-state index contributed by atoms with van der Waals surface area (Å²) < 4.78 is 0. The first-order valence-electron chi connectivity index (χ1n) is 7.31. The van der Waals surface area contributed by atoms with E-state index in [9.17, 15) is 0 Å². The van der Waals surface area contributed by atoms with Crippen LogP contribution in [-0.2, 0) is 0 Å². The van der Waals surface area contributed by atoms with Crippen molar-refractivity contribution < 1.29 is 0 Å². The van der Waals surface area contributed by atoms with Crippen LogP contribution in [0, 0.1) is 0 Å². The van der Waals surface area contributed by atoms with Crippen molar-refractivity contribution in [2.24, 2.45) is 0 Å². The fourth-order valence-corrected chi connectivity index (χ4v) is 2.82. The summed E-state index contributed by atoms with van der Waals surface area (Å²) in [6.45, 7) is 11.9. The lowest BCUT2D eigenvalue weighted by Crippen LogP contribution is -2.38. The molecular weight excluding hydrogens is 196 g/mol. The Labute approximate surface area is 102 Å². The number of rotatable bonds is 8. The smallest absolute Gasteiger partial charge is 0.0623 e. The second-order valence-corrected chi connectivity index (χ2v) is 4.94. The molecule has 0 aromatic heterocycles. The van der Waals surface area contributed by atoms with Crippen LogP contribution in [0.25, 0.3) is 0 Å². The van der Waals surface area contributed by atoms with Gasteiger partial charge in [0.05, 0.1) is 6.17 Å². The van der Waals surface area contributed by atoms with Crippen molar-refractivity contribution in [3.05, 3.63) is 0 Å². The maximum atomic E-state index is 2.64. The van der Waals surface area contributed by atoms with Crippen LogP contribution in [0.15, 0.2) is 0 Å². The predicted octanol–water partition coefficient (Wildman–Crippen LogP) is 3.33. The molecule has 1 aliphatic heterocycles. The van der Waals surface area contributed by atoms with E-state index in [0.29, 0.717) is 0 Å². The molecule has 0 radical (unpaired) electrons. The van der Waals surface area contributed by atoms with Crippen LogP contribution >= 0.6 is 0 Å². The maximum absolute atomic E-state index is 2.64. The van der Waals surface area contributed by atoms with E-state index >= 15 is 0 Å². The van der Waals surface area contributed by atoms with Crippen LogP contribution in [-0.4, -0.2) is 42.1 Å². The van der Waals surface area contributed by atoms with Gasteiger partial charge >= 0.3 is 0 Å². The first-order chi connectivity index (χ1) is 7.83. The lowest BCUT2D eigenvalue weighted by Gasteiger charge is -2.28. The van der Waals surface area contributed by atoms with Gasteiger partial charge in [0.1, 0.15) is 0 Å². The molecule has 1 heterocycles. The highest BCUT2D eigenvalue weighted by molar-refractivity contribution is 4.80. The van der Waals surface area contributed by atoms with E-state index in [-0.39, 0.29) is 0 Å². The molecular formula is C14H30N2. The molecule has 2 heteroatoms. The molecule has 0 aliphatic carbocycles. The average molecular weight is 226 g/mol. The summed E-state index contributed by atoms with van der Waals surface area (Å²) in [5.74, 6) is 0. The molecule has 0 atom stereocenters. The monoisotopic (exact) mass is 226 g/mol. The van der Waals surface area contributed by atoms with E-state index in [1.54, 1.807) is 0 Å². The summed E-state index contributed by atoms with van der Waals surface area (Å²) in [6.07, 6.45) is 9.17. The molecule has 1 rings (SSSR count). The highest BCUT2D eigenvalue weighted by atomic mass is 15.4. The third kappa shape index (κ3) is 4.06. The quantitative estimate of drug-likeness (QED) is 0.586. The standard InChI is InChI=1S/C14H30N2/c1-4-7-8-9-10-11-14-15(5-2)12-13-16(14)6-3/h14H,4-13H2,1-3H3. The van der Waals surface area contributed by atoms with E-state index in [4.69, 9.17) is 0 Å². The molecule has 1 saturated heterocycles. The number of hydrogen-bond acceptors (Lipinski definition) is 2. The molecule has 16 heavy (non-hydrogen) atoms.